The molecule has 0 fully saturated rings. The maximum atomic E-state index is 11.3. The summed E-state index contributed by atoms with van der Waals surface area (Å²) in [6.45, 7) is 4.89. The molecule has 1 heterocycles. The molecule has 0 aromatic carbocycles. The molecule has 0 aliphatic heterocycles. The van der Waals surface area contributed by atoms with E-state index in [1.165, 1.54) is 6.07 Å². The molecule has 0 unspecified atom stereocenters. The topological polar surface area (TPSA) is 54.9 Å². The van der Waals surface area contributed by atoms with Crippen LogP contribution in [-0.2, 0) is 6.54 Å². The predicted octanol–water partition coefficient (Wildman–Crippen LogP) is 0.973. The molecule has 4 nitrogen and oxygen atoms in total. The summed E-state index contributed by atoms with van der Waals surface area (Å²) in [7, 11) is 0. The van der Waals surface area contributed by atoms with Crippen LogP contribution in [0.2, 0.25) is 0 Å². The first-order valence-electron chi connectivity index (χ1n) is 4.97. The van der Waals surface area contributed by atoms with Crippen LogP contribution in [0.15, 0.2) is 21.9 Å². The lowest BCUT2D eigenvalue weighted by atomic mass is 10.0. The lowest BCUT2D eigenvalue weighted by molar-refractivity contribution is 0.407. The molecular formula is C10H16N2O2. The Hall–Kier alpha value is -1.32. The van der Waals surface area contributed by atoms with Crippen LogP contribution in [-0.4, -0.2) is 9.55 Å². The Morgan fingerprint density at radius 3 is 2.50 bits per heavy atom. The predicted molar refractivity (Wildman–Crippen MR) is 55.4 cm³/mol. The van der Waals surface area contributed by atoms with Crippen molar-refractivity contribution >= 4 is 0 Å². The molecule has 1 aromatic heterocycles. The zero-order chi connectivity index (χ0) is 10.6. The van der Waals surface area contributed by atoms with Crippen molar-refractivity contribution in [2.24, 2.45) is 5.92 Å². The van der Waals surface area contributed by atoms with E-state index in [-0.39, 0.29) is 11.2 Å². The van der Waals surface area contributed by atoms with Gasteiger partial charge in [0.25, 0.3) is 5.56 Å². The molecule has 1 rings (SSSR count). The summed E-state index contributed by atoms with van der Waals surface area (Å²) in [5.41, 5.74) is -0.653. The first-order valence-corrected chi connectivity index (χ1v) is 4.97. The van der Waals surface area contributed by atoms with Crippen molar-refractivity contribution in [1.29, 1.82) is 0 Å². The van der Waals surface area contributed by atoms with Gasteiger partial charge in [0, 0.05) is 18.8 Å². The van der Waals surface area contributed by atoms with Gasteiger partial charge in [-0.05, 0) is 5.92 Å². The number of rotatable bonds is 4. The minimum Gasteiger partial charge on any atom is -0.300 e. The van der Waals surface area contributed by atoms with Gasteiger partial charge in [-0.1, -0.05) is 26.7 Å². The monoisotopic (exact) mass is 196 g/mol. The molecule has 14 heavy (non-hydrogen) atoms. The average molecular weight is 196 g/mol. The largest absolute Gasteiger partial charge is 0.328 e. The van der Waals surface area contributed by atoms with E-state index in [1.54, 1.807) is 10.8 Å². The SMILES string of the molecule is CCC(CC)Cn1ccc(=O)[nH]c1=O. The summed E-state index contributed by atoms with van der Waals surface area (Å²) in [5, 5.41) is 0. The van der Waals surface area contributed by atoms with E-state index in [0.717, 1.165) is 12.8 Å². The van der Waals surface area contributed by atoms with Gasteiger partial charge in [-0.3, -0.25) is 9.78 Å². The minimum absolute atomic E-state index is 0.315. The van der Waals surface area contributed by atoms with Gasteiger partial charge in [0.15, 0.2) is 0 Å². The third-order valence-corrected chi connectivity index (χ3v) is 2.51. The molecule has 78 valence electrons. The van der Waals surface area contributed by atoms with Gasteiger partial charge >= 0.3 is 5.69 Å². The highest BCUT2D eigenvalue weighted by Gasteiger charge is 2.05. The van der Waals surface area contributed by atoms with E-state index in [4.69, 9.17) is 0 Å². The van der Waals surface area contributed by atoms with Gasteiger partial charge in [0.05, 0.1) is 0 Å². The number of aromatic amines is 1. The Morgan fingerprint density at radius 1 is 1.36 bits per heavy atom. The fraction of sp³-hybridized carbons (Fsp3) is 0.600. The third kappa shape index (κ3) is 2.58. The van der Waals surface area contributed by atoms with E-state index in [0.29, 0.717) is 12.5 Å². The zero-order valence-corrected chi connectivity index (χ0v) is 8.62. The maximum absolute atomic E-state index is 11.3. The third-order valence-electron chi connectivity index (χ3n) is 2.51. The van der Waals surface area contributed by atoms with Crippen molar-refractivity contribution in [2.75, 3.05) is 0 Å². The fourth-order valence-electron chi connectivity index (χ4n) is 1.41. The van der Waals surface area contributed by atoms with Crippen LogP contribution in [0.5, 0.6) is 0 Å². The Kier molecular flexibility index (Phi) is 3.68. The standard InChI is InChI=1S/C10H16N2O2/c1-3-8(4-2)7-12-6-5-9(13)11-10(12)14/h5-6,8H,3-4,7H2,1-2H3,(H,11,13,14). The molecular weight excluding hydrogens is 180 g/mol. The van der Waals surface area contributed by atoms with Crippen LogP contribution in [0.25, 0.3) is 0 Å². The van der Waals surface area contributed by atoms with Gasteiger partial charge in [0.1, 0.15) is 0 Å². The van der Waals surface area contributed by atoms with Crippen molar-refractivity contribution in [1.82, 2.24) is 9.55 Å². The smallest absolute Gasteiger partial charge is 0.300 e. The Balaban J connectivity index is 2.86. The second kappa shape index (κ2) is 4.79. The van der Waals surface area contributed by atoms with Crippen molar-refractivity contribution in [3.05, 3.63) is 33.1 Å². The highest BCUT2D eigenvalue weighted by Crippen LogP contribution is 2.08. The van der Waals surface area contributed by atoms with Crippen LogP contribution in [0.3, 0.4) is 0 Å². The number of hydrogen-bond donors (Lipinski definition) is 1. The lowest BCUT2D eigenvalue weighted by Crippen LogP contribution is -2.30. The van der Waals surface area contributed by atoms with E-state index in [2.05, 4.69) is 18.8 Å². The summed E-state index contributed by atoms with van der Waals surface area (Å²) >= 11 is 0. The molecule has 0 spiro atoms. The van der Waals surface area contributed by atoms with Crippen LogP contribution >= 0.6 is 0 Å². The highest BCUT2D eigenvalue weighted by atomic mass is 16.2. The summed E-state index contributed by atoms with van der Waals surface area (Å²) in [4.78, 5) is 24.4. The number of H-pyrrole nitrogens is 1. The Morgan fingerprint density at radius 2 is 2.00 bits per heavy atom. The average Bonchev–Trinajstić information content (AvgIpc) is 2.17. The Labute approximate surface area is 82.6 Å². The number of nitrogens with zero attached hydrogens (tertiary/aromatic N) is 1. The molecule has 0 amide bonds. The Bertz CT molecular complexity index is 388. The lowest BCUT2D eigenvalue weighted by Gasteiger charge is -2.13. The van der Waals surface area contributed by atoms with E-state index in [9.17, 15) is 9.59 Å². The van der Waals surface area contributed by atoms with Gasteiger partial charge in [-0.15, -0.1) is 0 Å². The number of aromatic nitrogens is 2. The van der Waals surface area contributed by atoms with Crippen molar-refractivity contribution < 1.29 is 0 Å². The molecule has 0 bridgehead atoms. The highest BCUT2D eigenvalue weighted by molar-refractivity contribution is 4.82. The van der Waals surface area contributed by atoms with Crippen LogP contribution in [0.4, 0.5) is 0 Å². The maximum Gasteiger partial charge on any atom is 0.328 e. The normalized spacial score (nSPS) is 10.8. The molecule has 0 radical (unpaired) electrons. The summed E-state index contributed by atoms with van der Waals surface area (Å²) < 4.78 is 1.55. The molecule has 1 aromatic rings. The molecule has 0 saturated heterocycles. The van der Waals surface area contributed by atoms with Gasteiger partial charge in [-0.25, -0.2) is 4.79 Å². The number of nitrogens with one attached hydrogen (secondary N) is 1. The van der Waals surface area contributed by atoms with Crippen molar-refractivity contribution in [3.63, 3.8) is 0 Å². The molecule has 0 aliphatic carbocycles. The van der Waals surface area contributed by atoms with Crippen LogP contribution in [0.1, 0.15) is 26.7 Å². The molecule has 1 N–H and O–H groups in total. The molecule has 0 saturated carbocycles. The minimum atomic E-state index is -0.337. The van der Waals surface area contributed by atoms with Gasteiger partial charge in [0.2, 0.25) is 0 Å². The first kappa shape index (κ1) is 10.8. The van der Waals surface area contributed by atoms with Crippen molar-refractivity contribution in [3.8, 4) is 0 Å². The van der Waals surface area contributed by atoms with Crippen LogP contribution < -0.4 is 11.2 Å². The zero-order valence-electron chi connectivity index (χ0n) is 8.62. The van der Waals surface area contributed by atoms with Crippen LogP contribution in [0, 0.1) is 5.92 Å². The van der Waals surface area contributed by atoms with Gasteiger partial charge in [-0.2, -0.15) is 0 Å². The van der Waals surface area contributed by atoms with E-state index >= 15 is 0 Å². The fourth-order valence-corrected chi connectivity index (χ4v) is 1.41. The second-order valence-corrected chi connectivity index (χ2v) is 3.45. The summed E-state index contributed by atoms with van der Waals surface area (Å²) in [6.07, 6.45) is 3.64. The molecule has 0 atom stereocenters. The molecule has 4 heteroatoms. The summed E-state index contributed by atoms with van der Waals surface area (Å²) in [5.74, 6) is 0.499. The first-order chi connectivity index (χ1) is 6.67. The summed E-state index contributed by atoms with van der Waals surface area (Å²) in [6, 6.07) is 1.38. The number of hydrogen-bond acceptors (Lipinski definition) is 2. The second-order valence-electron chi connectivity index (χ2n) is 3.45. The quantitative estimate of drug-likeness (QED) is 0.780. The molecule has 0 aliphatic rings. The van der Waals surface area contributed by atoms with Gasteiger partial charge < -0.3 is 4.57 Å². The van der Waals surface area contributed by atoms with E-state index < -0.39 is 0 Å². The van der Waals surface area contributed by atoms with Crippen molar-refractivity contribution in [2.45, 2.75) is 33.2 Å². The van der Waals surface area contributed by atoms with E-state index in [1.807, 2.05) is 0 Å².